The number of carbonyl (C=O) groups is 1. The summed E-state index contributed by atoms with van der Waals surface area (Å²) in [7, 11) is 0. The Morgan fingerprint density at radius 2 is 1.02 bits per heavy atom. The van der Waals surface area contributed by atoms with Crippen molar-refractivity contribution >= 4 is 66.6 Å². The highest BCUT2D eigenvalue weighted by Gasteiger charge is 2.46. The molecule has 0 fully saturated rings. The molecule has 11 rings (SSSR count). The number of aliphatic hydroxyl groups is 1. The van der Waals surface area contributed by atoms with Gasteiger partial charge >= 0.3 is 0 Å². The highest BCUT2D eigenvalue weighted by Crippen LogP contribution is 2.52. The van der Waals surface area contributed by atoms with Crippen LogP contribution in [0.25, 0.3) is 32.3 Å². The number of hydrogen-bond acceptors (Lipinski definition) is 9. The van der Waals surface area contributed by atoms with Gasteiger partial charge in [-0.05, 0) is 98.6 Å². The van der Waals surface area contributed by atoms with E-state index in [4.69, 9.17) is 20.2 Å². The maximum absolute atomic E-state index is 13.8. The SMILES string of the molecule is CC(C1=Nc2ccc3ccccc3c2C1(C)C)=C1C(=O)C(/C(C)=C2/Nc3ccc4ccccc4c3C2(C)C)=C1O.CCC1=Nc2ccc3ccccc3c2C1(C)C.O=c1c(O)c(O)c1=O. The van der Waals surface area contributed by atoms with Gasteiger partial charge in [0, 0.05) is 33.3 Å². The molecule has 7 aromatic rings. The van der Waals surface area contributed by atoms with Crippen LogP contribution in [0, 0.1) is 0 Å². The fourth-order valence-corrected chi connectivity index (χ4v) is 10.6. The molecule has 0 amide bonds. The second-order valence-electron chi connectivity index (χ2n) is 18.9. The second kappa shape index (κ2) is 15.1. The van der Waals surface area contributed by atoms with Gasteiger partial charge < -0.3 is 20.6 Å². The molecule has 0 spiro atoms. The summed E-state index contributed by atoms with van der Waals surface area (Å²) in [5.41, 5.74) is 9.54. The number of benzene rings is 6. The Balaban J connectivity index is 0.000000173. The predicted octanol–water partition coefficient (Wildman–Crippen LogP) is 12.1. The molecule has 4 aliphatic rings. The molecule has 1 aliphatic carbocycles. The van der Waals surface area contributed by atoms with Gasteiger partial charge in [-0.1, -0.05) is 139 Å². The highest BCUT2D eigenvalue weighted by molar-refractivity contribution is 6.27. The number of nitrogens with one attached hydrogen (secondary N) is 1. The maximum atomic E-state index is 13.8. The van der Waals surface area contributed by atoms with Crippen molar-refractivity contribution in [3.63, 3.8) is 0 Å². The first kappa shape index (κ1) is 42.9. The normalized spacial score (nSPS) is 18.7. The summed E-state index contributed by atoms with van der Waals surface area (Å²) in [4.78, 5) is 43.5. The summed E-state index contributed by atoms with van der Waals surface area (Å²) in [6, 6.07) is 38.0. The van der Waals surface area contributed by atoms with Crippen molar-refractivity contribution < 1.29 is 20.1 Å². The summed E-state index contributed by atoms with van der Waals surface area (Å²) < 4.78 is 0. The molecule has 0 saturated heterocycles. The molecule has 4 N–H and O–H groups in total. The number of aliphatic imine (C=N–C) groups is 2. The van der Waals surface area contributed by atoms with Crippen LogP contribution in [0.3, 0.4) is 0 Å². The Bertz CT molecular complexity index is 3450. The van der Waals surface area contributed by atoms with E-state index < -0.39 is 27.8 Å². The van der Waals surface area contributed by atoms with Crippen molar-refractivity contribution in [2.24, 2.45) is 9.98 Å². The van der Waals surface area contributed by atoms with Crippen LogP contribution in [0.4, 0.5) is 17.1 Å². The molecule has 3 heterocycles. The minimum atomic E-state index is -1.01. The minimum Gasteiger partial charge on any atom is -0.506 e. The number of rotatable bonds is 3. The van der Waals surface area contributed by atoms with E-state index in [0.717, 1.165) is 51.6 Å². The zero-order valence-electron chi connectivity index (χ0n) is 38.1. The molecular formula is C56H51N3O6. The van der Waals surface area contributed by atoms with E-state index >= 15 is 0 Å². The van der Waals surface area contributed by atoms with Crippen molar-refractivity contribution in [1.82, 2.24) is 0 Å². The van der Waals surface area contributed by atoms with Gasteiger partial charge in [-0.3, -0.25) is 24.4 Å². The lowest BCUT2D eigenvalue weighted by Gasteiger charge is -2.31. The molecule has 0 unspecified atom stereocenters. The smallest absolute Gasteiger partial charge is 0.275 e. The molecule has 326 valence electrons. The standard InChI is InChI=1S/C36H32N2O2.C16H17N.C4H2O4/c1-19(33-35(3,4)29-23-13-9-7-11-21(23)15-17-25(29)37-33)27-31(39)28(32(27)40)20(2)34-36(5,6)30-24-14-10-8-12-22(24)16-18-26(30)38-34;1-4-14-16(2,3)15-12-8-6-5-7-11(12)9-10-13(15)17-14;5-1-2(6)4(8)3(1)7/h7-18,37,39H,1-6H3;5-10H,4H2,1-3H3;5-6H/b28-20?,33-19+;;. The highest BCUT2D eigenvalue weighted by atomic mass is 16.3. The third kappa shape index (κ3) is 6.38. The molecule has 9 heteroatoms. The van der Waals surface area contributed by atoms with Gasteiger partial charge in [0.15, 0.2) is 0 Å². The molecular weight excluding hydrogens is 811 g/mol. The molecule has 0 saturated carbocycles. The van der Waals surface area contributed by atoms with Gasteiger partial charge in [0.2, 0.25) is 17.3 Å². The second-order valence-corrected chi connectivity index (χ2v) is 18.9. The number of aliphatic hydroxyl groups excluding tert-OH is 1. The van der Waals surface area contributed by atoms with Crippen LogP contribution in [0.5, 0.6) is 11.5 Å². The largest absolute Gasteiger partial charge is 0.506 e. The average Bonchev–Trinajstić information content (AvgIpc) is 3.86. The van der Waals surface area contributed by atoms with E-state index in [0.29, 0.717) is 11.1 Å². The van der Waals surface area contributed by atoms with Crippen LogP contribution in [0.15, 0.2) is 163 Å². The van der Waals surface area contributed by atoms with Crippen LogP contribution in [0.1, 0.15) is 85.4 Å². The van der Waals surface area contributed by atoms with Crippen LogP contribution >= 0.6 is 0 Å². The number of anilines is 1. The average molecular weight is 862 g/mol. The predicted molar refractivity (Wildman–Crippen MR) is 264 cm³/mol. The Labute approximate surface area is 377 Å². The van der Waals surface area contributed by atoms with Crippen molar-refractivity contribution in [2.45, 2.75) is 85.0 Å². The lowest BCUT2D eigenvalue weighted by Crippen LogP contribution is -2.33. The van der Waals surface area contributed by atoms with E-state index in [2.05, 4.69) is 151 Å². The van der Waals surface area contributed by atoms with Crippen molar-refractivity contribution in [3.05, 3.63) is 180 Å². The first-order chi connectivity index (χ1) is 30.8. The molecule has 9 nitrogen and oxygen atoms in total. The van der Waals surface area contributed by atoms with Crippen LogP contribution in [0.2, 0.25) is 0 Å². The molecule has 0 aromatic heterocycles. The van der Waals surface area contributed by atoms with E-state index in [1.54, 1.807) is 0 Å². The maximum Gasteiger partial charge on any atom is 0.275 e. The first-order valence-electron chi connectivity index (χ1n) is 22.0. The van der Waals surface area contributed by atoms with Gasteiger partial charge in [0.25, 0.3) is 10.9 Å². The lowest BCUT2D eigenvalue weighted by atomic mass is 9.72. The fraction of sp³-hybridized carbons (Fsp3) is 0.232. The fourth-order valence-electron chi connectivity index (χ4n) is 10.6. The van der Waals surface area contributed by atoms with Crippen molar-refractivity contribution in [1.29, 1.82) is 0 Å². The van der Waals surface area contributed by atoms with Gasteiger partial charge in [-0.25, -0.2) is 0 Å². The van der Waals surface area contributed by atoms with E-state index in [-0.39, 0.29) is 22.4 Å². The monoisotopic (exact) mass is 861 g/mol. The van der Waals surface area contributed by atoms with E-state index in [9.17, 15) is 19.5 Å². The van der Waals surface area contributed by atoms with Crippen LogP contribution in [-0.4, -0.2) is 32.5 Å². The number of aromatic hydroxyl groups is 2. The van der Waals surface area contributed by atoms with Gasteiger partial charge in [-0.2, -0.15) is 0 Å². The number of allylic oxidation sites excluding steroid dienone is 5. The molecule has 3 aliphatic heterocycles. The zero-order valence-corrected chi connectivity index (χ0v) is 38.1. The summed E-state index contributed by atoms with van der Waals surface area (Å²) in [6.45, 7) is 19.3. The van der Waals surface area contributed by atoms with Gasteiger partial charge in [-0.15, -0.1) is 0 Å². The minimum absolute atomic E-state index is 0.0604. The van der Waals surface area contributed by atoms with Crippen LogP contribution < -0.4 is 16.2 Å². The topological polar surface area (TPSA) is 149 Å². The summed E-state index contributed by atoms with van der Waals surface area (Å²) in [5, 5.41) is 38.8. The first-order valence-corrected chi connectivity index (χ1v) is 22.0. The zero-order chi connectivity index (χ0) is 46.5. The van der Waals surface area contributed by atoms with E-state index in [1.807, 2.05) is 26.0 Å². The Kier molecular flexibility index (Phi) is 9.98. The Morgan fingerprint density at radius 3 is 1.51 bits per heavy atom. The van der Waals surface area contributed by atoms with Crippen molar-refractivity contribution in [2.75, 3.05) is 5.32 Å². The molecule has 7 aromatic carbocycles. The number of hydrogen-bond donors (Lipinski definition) is 4. The quantitative estimate of drug-likeness (QED) is 0.102. The van der Waals surface area contributed by atoms with Crippen molar-refractivity contribution in [3.8, 4) is 11.5 Å². The van der Waals surface area contributed by atoms with Crippen LogP contribution in [-0.2, 0) is 21.0 Å². The molecule has 0 atom stereocenters. The Hall–Kier alpha value is -7.39. The van der Waals surface area contributed by atoms with E-state index in [1.165, 1.54) is 49.2 Å². The third-order valence-electron chi connectivity index (χ3n) is 13.9. The molecule has 0 bridgehead atoms. The Morgan fingerprint density at radius 1 is 0.554 bits per heavy atom. The summed E-state index contributed by atoms with van der Waals surface area (Å²) >= 11 is 0. The lowest BCUT2D eigenvalue weighted by molar-refractivity contribution is -0.113. The third-order valence-corrected chi connectivity index (χ3v) is 13.9. The van der Waals surface area contributed by atoms with Gasteiger partial charge in [0.1, 0.15) is 5.76 Å². The molecule has 0 radical (unpaired) electrons. The number of nitrogens with zero attached hydrogens (tertiary/aromatic N) is 2. The molecule has 65 heavy (non-hydrogen) atoms. The summed E-state index contributed by atoms with van der Waals surface area (Å²) in [6.07, 6.45) is 1.02. The summed E-state index contributed by atoms with van der Waals surface area (Å²) in [5.74, 6) is -1.71. The number of Topliss-reactive ketones (excluding diaryl/α,β-unsaturated/α-hetero) is 1. The number of carbonyl (C=O) groups excluding carboxylic acids is 1. The number of ketones is 1. The number of fused-ring (bicyclic) bond motifs is 9. The van der Waals surface area contributed by atoms with Gasteiger partial charge in [0.05, 0.1) is 28.2 Å².